The molecule has 0 aliphatic carbocycles. The highest BCUT2D eigenvalue weighted by Crippen LogP contribution is 2.21. The van der Waals surface area contributed by atoms with Crippen LogP contribution in [0.15, 0.2) is 30.3 Å². The third-order valence-corrected chi connectivity index (χ3v) is 2.69. The van der Waals surface area contributed by atoms with Crippen LogP contribution in [-0.4, -0.2) is 0 Å². The van der Waals surface area contributed by atoms with E-state index in [1.807, 2.05) is 0 Å². The van der Waals surface area contributed by atoms with E-state index in [2.05, 4.69) is 5.32 Å². The maximum atomic E-state index is 13.4. The summed E-state index contributed by atoms with van der Waals surface area (Å²) < 4.78 is 52.1. The predicted octanol–water partition coefficient (Wildman–Crippen LogP) is 4.51. The quantitative estimate of drug-likeness (QED) is 0.647. The van der Waals surface area contributed by atoms with Crippen molar-refractivity contribution in [3.8, 4) is 0 Å². The summed E-state index contributed by atoms with van der Waals surface area (Å²) in [4.78, 5) is 0. The first-order chi connectivity index (χ1) is 8.97. The number of hydrogen-bond donors (Lipinski definition) is 1. The fraction of sp³-hybridized carbons (Fsp3) is 0.0769. The molecule has 0 amide bonds. The zero-order valence-corrected chi connectivity index (χ0v) is 10.2. The van der Waals surface area contributed by atoms with Crippen LogP contribution in [0.4, 0.5) is 23.2 Å². The Morgan fingerprint density at radius 2 is 1.53 bits per heavy atom. The van der Waals surface area contributed by atoms with Crippen LogP contribution in [0.25, 0.3) is 0 Å². The molecule has 2 aromatic rings. The van der Waals surface area contributed by atoms with Gasteiger partial charge in [-0.2, -0.15) is 0 Å². The number of benzene rings is 2. The molecule has 0 aromatic heterocycles. The van der Waals surface area contributed by atoms with Gasteiger partial charge in [-0.3, -0.25) is 0 Å². The summed E-state index contributed by atoms with van der Waals surface area (Å²) >= 11 is 5.69. The molecule has 0 heterocycles. The molecule has 0 saturated heterocycles. The Labute approximate surface area is 111 Å². The van der Waals surface area contributed by atoms with Crippen LogP contribution >= 0.6 is 11.6 Å². The summed E-state index contributed by atoms with van der Waals surface area (Å²) in [5.41, 5.74) is 0.244. The number of rotatable bonds is 3. The first-order valence-corrected chi connectivity index (χ1v) is 5.67. The molecule has 0 aliphatic rings. The Kier molecular flexibility index (Phi) is 3.95. The zero-order valence-electron chi connectivity index (χ0n) is 9.48. The Morgan fingerprint density at radius 1 is 0.895 bits per heavy atom. The van der Waals surface area contributed by atoms with E-state index < -0.39 is 23.3 Å². The summed E-state index contributed by atoms with van der Waals surface area (Å²) in [6, 6.07) is 5.56. The van der Waals surface area contributed by atoms with Crippen LogP contribution in [-0.2, 0) is 6.54 Å². The number of anilines is 1. The van der Waals surface area contributed by atoms with Gasteiger partial charge >= 0.3 is 0 Å². The Bertz CT molecular complexity index is 593. The van der Waals surface area contributed by atoms with Crippen molar-refractivity contribution in [2.45, 2.75) is 6.54 Å². The second-order valence-corrected chi connectivity index (χ2v) is 4.29. The second-order valence-electron chi connectivity index (χ2n) is 3.85. The minimum absolute atomic E-state index is 0.0641. The normalized spacial score (nSPS) is 10.6. The predicted molar refractivity (Wildman–Crippen MR) is 65.1 cm³/mol. The standard InChI is InChI=1S/C13H8ClF4N/c14-8-1-2-9(15)12(5-8)19-6-7-3-10(16)13(18)11(17)4-7/h1-5,19H,6H2. The van der Waals surface area contributed by atoms with Gasteiger partial charge in [0.2, 0.25) is 0 Å². The third kappa shape index (κ3) is 3.17. The van der Waals surface area contributed by atoms with Crippen LogP contribution in [0, 0.1) is 23.3 Å². The maximum absolute atomic E-state index is 13.4. The fourth-order valence-electron chi connectivity index (χ4n) is 1.54. The molecule has 1 N–H and O–H groups in total. The lowest BCUT2D eigenvalue weighted by atomic mass is 10.2. The Balaban J connectivity index is 2.17. The minimum Gasteiger partial charge on any atom is -0.379 e. The molecule has 6 heteroatoms. The van der Waals surface area contributed by atoms with E-state index in [0.29, 0.717) is 5.02 Å². The van der Waals surface area contributed by atoms with Crippen LogP contribution < -0.4 is 5.32 Å². The summed E-state index contributed by atoms with van der Waals surface area (Å²) in [7, 11) is 0. The molecular formula is C13H8ClF4N. The van der Waals surface area contributed by atoms with Crippen molar-refractivity contribution in [3.05, 3.63) is 64.2 Å². The van der Waals surface area contributed by atoms with E-state index in [0.717, 1.165) is 18.2 Å². The SMILES string of the molecule is Fc1ccc(Cl)cc1NCc1cc(F)c(F)c(F)c1. The topological polar surface area (TPSA) is 12.0 Å². The summed E-state index contributed by atoms with van der Waals surface area (Å²) in [5.74, 6) is -4.66. The molecule has 100 valence electrons. The number of nitrogens with one attached hydrogen (secondary N) is 1. The lowest BCUT2D eigenvalue weighted by Gasteiger charge is -2.08. The average Bonchev–Trinajstić information content (AvgIpc) is 2.37. The minimum atomic E-state index is -1.53. The van der Waals surface area contributed by atoms with Crippen LogP contribution in [0.2, 0.25) is 5.02 Å². The van der Waals surface area contributed by atoms with Crippen molar-refractivity contribution < 1.29 is 17.6 Å². The molecular weight excluding hydrogens is 282 g/mol. The first-order valence-electron chi connectivity index (χ1n) is 5.29. The third-order valence-electron chi connectivity index (χ3n) is 2.45. The number of hydrogen-bond acceptors (Lipinski definition) is 1. The molecule has 0 atom stereocenters. The molecule has 0 spiro atoms. The van der Waals surface area contributed by atoms with E-state index >= 15 is 0 Å². The van der Waals surface area contributed by atoms with Gasteiger partial charge in [-0.15, -0.1) is 0 Å². The number of halogens is 5. The van der Waals surface area contributed by atoms with Crippen molar-refractivity contribution in [2.24, 2.45) is 0 Å². The molecule has 19 heavy (non-hydrogen) atoms. The zero-order chi connectivity index (χ0) is 14.0. The van der Waals surface area contributed by atoms with Crippen molar-refractivity contribution >= 4 is 17.3 Å². The van der Waals surface area contributed by atoms with Crippen molar-refractivity contribution in [3.63, 3.8) is 0 Å². The second kappa shape index (κ2) is 5.48. The Hall–Kier alpha value is -1.75. The van der Waals surface area contributed by atoms with Gasteiger partial charge < -0.3 is 5.32 Å². The van der Waals surface area contributed by atoms with Crippen molar-refractivity contribution in [2.75, 3.05) is 5.32 Å². The van der Waals surface area contributed by atoms with Crippen LogP contribution in [0.1, 0.15) is 5.56 Å². The van der Waals surface area contributed by atoms with Gasteiger partial charge in [-0.25, -0.2) is 17.6 Å². The monoisotopic (exact) mass is 289 g/mol. The molecule has 0 radical (unpaired) electrons. The van der Waals surface area contributed by atoms with Gasteiger partial charge in [0.05, 0.1) is 5.69 Å². The van der Waals surface area contributed by atoms with Crippen LogP contribution in [0.5, 0.6) is 0 Å². The van der Waals surface area contributed by atoms with E-state index in [9.17, 15) is 17.6 Å². The van der Waals surface area contributed by atoms with Crippen molar-refractivity contribution in [1.29, 1.82) is 0 Å². The highest BCUT2D eigenvalue weighted by molar-refractivity contribution is 6.30. The summed E-state index contributed by atoms with van der Waals surface area (Å²) in [6.45, 7) is -0.0641. The van der Waals surface area contributed by atoms with Crippen LogP contribution in [0.3, 0.4) is 0 Å². The highest BCUT2D eigenvalue weighted by Gasteiger charge is 2.11. The molecule has 0 saturated carbocycles. The van der Waals surface area contributed by atoms with E-state index in [1.54, 1.807) is 0 Å². The van der Waals surface area contributed by atoms with E-state index in [-0.39, 0.29) is 17.8 Å². The van der Waals surface area contributed by atoms with Gasteiger partial charge in [-0.1, -0.05) is 11.6 Å². The molecule has 2 rings (SSSR count). The average molecular weight is 290 g/mol. The van der Waals surface area contributed by atoms with Gasteiger partial charge in [0, 0.05) is 11.6 Å². The summed E-state index contributed by atoms with van der Waals surface area (Å²) in [6.07, 6.45) is 0. The van der Waals surface area contributed by atoms with E-state index in [4.69, 9.17) is 11.6 Å². The highest BCUT2D eigenvalue weighted by atomic mass is 35.5. The first kappa shape index (κ1) is 13.7. The largest absolute Gasteiger partial charge is 0.379 e. The molecule has 0 aliphatic heterocycles. The molecule has 2 aromatic carbocycles. The molecule has 1 nitrogen and oxygen atoms in total. The van der Waals surface area contributed by atoms with Gasteiger partial charge in [-0.05, 0) is 35.9 Å². The van der Waals surface area contributed by atoms with Gasteiger partial charge in [0.1, 0.15) is 5.82 Å². The van der Waals surface area contributed by atoms with E-state index in [1.165, 1.54) is 12.1 Å². The maximum Gasteiger partial charge on any atom is 0.194 e. The van der Waals surface area contributed by atoms with Gasteiger partial charge in [0.15, 0.2) is 17.5 Å². The van der Waals surface area contributed by atoms with Crippen molar-refractivity contribution in [1.82, 2.24) is 0 Å². The van der Waals surface area contributed by atoms with Gasteiger partial charge in [0.25, 0.3) is 0 Å². The lowest BCUT2D eigenvalue weighted by molar-refractivity contribution is 0.445. The molecule has 0 fully saturated rings. The Morgan fingerprint density at radius 3 is 2.16 bits per heavy atom. The lowest BCUT2D eigenvalue weighted by Crippen LogP contribution is -2.03. The molecule has 0 bridgehead atoms. The molecule has 0 unspecified atom stereocenters. The summed E-state index contributed by atoms with van der Waals surface area (Å²) in [5, 5.41) is 2.95. The fourth-order valence-corrected chi connectivity index (χ4v) is 1.71. The smallest absolute Gasteiger partial charge is 0.194 e.